The van der Waals surface area contributed by atoms with Crippen molar-refractivity contribution in [1.82, 2.24) is 0 Å². The van der Waals surface area contributed by atoms with Crippen LogP contribution >= 0.6 is 0 Å². The van der Waals surface area contributed by atoms with Crippen LogP contribution in [-0.2, 0) is 4.79 Å². The summed E-state index contributed by atoms with van der Waals surface area (Å²) >= 11 is 0. The van der Waals surface area contributed by atoms with Gasteiger partial charge >= 0.3 is 0 Å². The Kier molecular flexibility index (Phi) is 4.06. The molecule has 0 radical (unpaired) electrons. The summed E-state index contributed by atoms with van der Waals surface area (Å²) < 4.78 is 0. The molecule has 0 spiro atoms. The van der Waals surface area contributed by atoms with E-state index in [4.69, 9.17) is 0 Å². The van der Waals surface area contributed by atoms with Crippen molar-refractivity contribution in [2.24, 2.45) is 0 Å². The maximum absolute atomic E-state index is 11.3. The molecule has 1 fully saturated rings. The highest BCUT2D eigenvalue weighted by atomic mass is 16.1. The highest BCUT2D eigenvalue weighted by molar-refractivity contribution is 5.95. The van der Waals surface area contributed by atoms with Crippen LogP contribution < -0.4 is 0 Å². The van der Waals surface area contributed by atoms with E-state index in [0.717, 1.165) is 31.3 Å². The maximum atomic E-state index is 11.3. The van der Waals surface area contributed by atoms with E-state index >= 15 is 0 Å². The zero-order valence-electron chi connectivity index (χ0n) is 7.94. The smallest absolute Gasteiger partial charge is 0.158 e. The van der Waals surface area contributed by atoms with Gasteiger partial charge in [0, 0.05) is 6.42 Å². The summed E-state index contributed by atoms with van der Waals surface area (Å²) in [5.41, 5.74) is 1.11. The number of Topliss-reactive ketones (excluding diaryl/α,β-unsaturated/α-hetero) is 1. The van der Waals surface area contributed by atoms with Gasteiger partial charge in [0.2, 0.25) is 0 Å². The van der Waals surface area contributed by atoms with E-state index in [1.54, 1.807) is 0 Å². The van der Waals surface area contributed by atoms with Gasteiger partial charge in [-0.15, -0.1) is 0 Å². The molecule has 0 amide bonds. The molecule has 1 aliphatic rings. The molecule has 1 aliphatic carbocycles. The van der Waals surface area contributed by atoms with Crippen molar-refractivity contribution < 1.29 is 4.79 Å². The van der Waals surface area contributed by atoms with Crippen molar-refractivity contribution in [3.63, 3.8) is 0 Å². The van der Waals surface area contributed by atoms with Crippen molar-refractivity contribution in [1.29, 1.82) is 0 Å². The minimum atomic E-state index is 0.400. The summed E-state index contributed by atoms with van der Waals surface area (Å²) in [5.74, 6) is 0.400. The van der Waals surface area contributed by atoms with Gasteiger partial charge in [0.1, 0.15) is 0 Å². The van der Waals surface area contributed by atoms with Crippen LogP contribution in [0.3, 0.4) is 0 Å². The topological polar surface area (TPSA) is 17.1 Å². The molecule has 1 saturated carbocycles. The predicted molar refractivity (Wildman–Crippen MR) is 51.1 cm³/mol. The lowest BCUT2D eigenvalue weighted by Crippen LogP contribution is -2.08. The molecule has 0 heterocycles. The molecule has 0 N–H and O–H groups in total. The van der Waals surface area contributed by atoms with E-state index in [1.807, 2.05) is 0 Å². The Morgan fingerprint density at radius 2 is 2.08 bits per heavy atom. The molecule has 12 heavy (non-hydrogen) atoms. The summed E-state index contributed by atoms with van der Waals surface area (Å²) in [4.78, 5) is 11.3. The molecule has 0 aromatic carbocycles. The molecule has 0 aromatic rings. The first-order valence-corrected chi connectivity index (χ1v) is 5.07. The average molecular weight is 166 g/mol. The van der Waals surface area contributed by atoms with Crippen molar-refractivity contribution in [3.05, 3.63) is 11.6 Å². The second-order valence-corrected chi connectivity index (χ2v) is 3.50. The van der Waals surface area contributed by atoms with Crippen molar-refractivity contribution >= 4 is 5.78 Å². The van der Waals surface area contributed by atoms with E-state index in [9.17, 15) is 4.79 Å². The minimum Gasteiger partial charge on any atom is -0.295 e. The third-order valence-electron chi connectivity index (χ3n) is 2.41. The Morgan fingerprint density at radius 1 is 1.33 bits per heavy atom. The number of hydrogen-bond donors (Lipinski definition) is 0. The average Bonchev–Trinajstić information content (AvgIpc) is 2.09. The zero-order chi connectivity index (χ0) is 8.81. The van der Waals surface area contributed by atoms with Crippen LogP contribution in [0.2, 0.25) is 0 Å². The quantitative estimate of drug-likeness (QED) is 0.464. The van der Waals surface area contributed by atoms with Gasteiger partial charge < -0.3 is 0 Å². The van der Waals surface area contributed by atoms with Crippen molar-refractivity contribution in [2.45, 2.75) is 51.9 Å². The lowest BCUT2D eigenvalue weighted by atomic mass is 9.92. The number of carbonyl (C=O) groups is 1. The molecule has 68 valence electrons. The largest absolute Gasteiger partial charge is 0.295 e. The number of unbranched alkanes of at least 4 members (excludes halogenated alkanes) is 2. The zero-order valence-corrected chi connectivity index (χ0v) is 7.94. The molecule has 0 bridgehead atoms. The fourth-order valence-electron chi connectivity index (χ4n) is 1.60. The first-order chi connectivity index (χ1) is 5.84. The van der Waals surface area contributed by atoms with Gasteiger partial charge in [-0.25, -0.2) is 0 Å². The maximum Gasteiger partial charge on any atom is 0.158 e. The standard InChI is InChI=1S/C11H18O/c1-2-3-4-7-10-8-5-6-9-11(10)12/h7H,2-6,8-9H2,1H3. The van der Waals surface area contributed by atoms with Gasteiger partial charge in [-0.3, -0.25) is 4.79 Å². The van der Waals surface area contributed by atoms with Crippen LogP contribution in [0.1, 0.15) is 51.9 Å². The van der Waals surface area contributed by atoms with Crippen LogP contribution in [-0.4, -0.2) is 5.78 Å². The number of ketones is 1. The fourth-order valence-corrected chi connectivity index (χ4v) is 1.60. The summed E-state index contributed by atoms with van der Waals surface area (Å²) in [7, 11) is 0. The van der Waals surface area contributed by atoms with E-state index in [1.165, 1.54) is 19.3 Å². The van der Waals surface area contributed by atoms with Crippen LogP contribution in [0.4, 0.5) is 0 Å². The Morgan fingerprint density at radius 3 is 2.75 bits per heavy atom. The number of rotatable bonds is 3. The Balaban J connectivity index is 2.36. The normalized spacial score (nSPS) is 21.8. The van der Waals surface area contributed by atoms with Crippen molar-refractivity contribution in [2.75, 3.05) is 0 Å². The molecular weight excluding hydrogens is 148 g/mol. The molecule has 0 atom stereocenters. The lowest BCUT2D eigenvalue weighted by molar-refractivity contribution is -0.116. The number of hydrogen-bond acceptors (Lipinski definition) is 1. The second-order valence-electron chi connectivity index (χ2n) is 3.50. The first kappa shape index (κ1) is 9.50. The summed E-state index contributed by atoms with van der Waals surface area (Å²) in [6.45, 7) is 2.18. The summed E-state index contributed by atoms with van der Waals surface area (Å²) in [6, 6.07) is 0. The molecule has 0 aromatic heterocycles. The molecule has 0 saturated heterocycles. The van der Waals surface area contributed by atoms with E-state index in [0.29, 0.717) is 5.78 Å². The molecule has 0 unspecified atom stereocenters. The third kappa shape index (κ3) is 2.80. The number of allylic oxidation sites excluding steroid dienone is 2. The Labute approximate surface area is 74.9 Å². The van der Waals surface area contributed by atoms with E-state index in [2.05, 4.69) is 13.0 Å². The van der Waals surface area contributed by atoms with Gasteiger partial charge in [-0.05, 0) is 31.3 Å². The van der Waals surface area contributed by atoms with Gasteiger partial charge in [0.25, 0.3) is 0 Å². The van der Waals surface area contributed by atoms with Crippen LogP contribution in [0.25, 0.3) is 0 Å². The fraction of sp³-hybridized carbons (Fsp3) is 0.727. The molecule has 1 rings (SSSR count). The van der Waals surface area contributed by atoms with E-state index in [-0.39, 0.29) is 0 Å². The van der Waals surface area contributed by atoms with Gasteiger partial charge in [-0.1, -0.05) is 25.8 Å². The highest BCUT2D eigenvalue weighted by Gasteiger charge is 2.13. The van der Waals surface area contributed by atoms with Crippen LogP contribution in [0.5, 0.6) is 0 Å². The molecule has 0 aliphatic heterocycles. The Hall–Kier alpha value is -0.590. The highest BCUT2D eigenvalue weighted by Crippen LogP contribution is 2.20. The second kappa shape index (κ2) is 5.13. The SMILES string of the molecule is CCCCC=C1CCCCC1=O. The van der Waals surface area contributed by atoms with Gasteiger partial charge in [0.15, 0.2) is 5.78 Å². The predicted octanol–water partition coefficient (Wildman–Crippen LogP) is 3.25. The van der Waals surface area contributed by atoms with Gasteiger partial charge in [-0.2, -0.15) is 0 Å². The lowest BCUT2D eigenvalue weighted by Gasteiger charge is -2.11. The van der Waals surface area contributed by atoms with Crippen LogP contribution in [0.15, 0.2) is 11.6 Å². The van der Waals surface area contributed by atoms with Gasteiger partial charge in [0.05, 0.1) is 0 Å². The van der Waals surface area contributed by atoms with E-state index < -0.39 is 0 Å². The summed E-state index contributed by atoms with van der Waals surface area (Å²) in [6.07, 6.45) is 9.82. The Bertz CT molecular complexity index is 179. The van der Waals surface area contributed by atoms with Crippen molar-refractivity contribution in [3.8, 4) is 0 Å². The first-order valence-electron chi connectivity index (χ1n) is 5.07. The third-order valence-corrected chi connectivity index (χ3v) is 2.41. The molecular formula is C11H18O. The van der Waals surface area contributed by atoms with Crippen LogP contribution in [0, 0.1) is 0 Å². The molecule has 1 nitrogen and oxygen atoms in total. The minimum absolute atomic E-state index is 0.400. The molecule has 1 heteroatoms. The monoisotopic (exact) mass is 166 g/mol. The number of carbonyl (C=O) groups excluding carboxylic acids is 1. The summed E-state index contributed by atoms with van der Waals surface area (Å²) in [5, 5.41) is 0.